The number of imidazole rings is 1. The summed E-state index contributed by atoms with van der Waals surface area (Å²) in [6, 6.07) is 2.47. The van der Waals surface area contributed by atoms with Crippen LogP contribution >= 0.6 is 8.53 Å². The van der Waals surface area contributed by atoms with E-state index in [0.717, 1.165) is 0 Å². The van der Waals surface area contributed by atoms with Crippen molar-refractivity contribution in [2.75, 3.05) is 26.9 Å². The number of aromatic amines is 1. The molecule has 15 heteroatoms. The molecule has 0 aliphatic carbocycles. The molecule has 2 rings (SSSR count). The Morgan fingerprint density at radius 3 is 2.50 bits per heavy atom. The number of hydrogen-bond acceptors (Lipinski definition) is 10. The van der Waals surface area contributed by atoms with Crippen LogP contribution in [0.1, 0.15) is 34.1 Å². The smallest absolute Gasteiger partial charge is 0.278 e. The molecule has 2 heterocycles. The number of aromatic nitrogens is 4. The topological polar surface area (TPSA) is 168 Å². The van der Waals surface area contributed by atoms with Crippen molar-refractivity contribution in [2.24, 2.45) is 0 Å². The van der Waals surface area contributed by atoms with Crippen LogP contribution in [-0.2, 0) is 45.4 Å². The quantitative estimate of drug-likeness (QED) is 0.130. The van der Waals surface area contributed by atoms with E-state index in [9.17, 15) is 9.59 Å². The van der Waals surface area contributed by atoms with E-state index in [1.807, 2.05) is 0 Å². The Morgan fingerprint density at radius 1 is 1.29 bits per heavy atom. The molecule has 0 aliphatic rings. The van der Waals surface area contributed by atoms with E-state index in [0.29, 0.717) is 25.2 Å². The molecule has 13 nitrogen and oxygen atoms in total. The molecule has 1 radical (unpaired) electrons. The molecule has 34 heavy (non-hydrogen) atoms. The molecule has 3 N–H and O–H groups in total. The SMILES string of the molecule is CC(C)N(C(C)C)P(OCCC#N)OCCNC(=O)Cn1cnc2c(=O)[nH]cnc21.COO.[Ir]. The Hall–Kier alpha value is -1.81. The number of fused-ring (bicyclic) bond motifs is 1. The molecule has 0 bridgehead atoms. The monoisotopic (exact) mass is 678 g/mol. The van der Waals surface area contributed by atoms with Gasteiger partial charge in [-0.1, -0.05) is 0 Å². The summed E-state index contributed by atoms with van der Waals surface area (Å²) in [4.78, 5) is 37.7. The number of carbonyl (C=O) groups is 1. The molecule has 1 unspecified atom stereocenters. The number of carbonyl (C=O) groups excluding carboxylic acids is 1. The largest absolute Gasteiger partial charge is 0.352 e. The first-order valence-electron chi connectivity index (χ1n) is 10.3. The minimum atomic E-state index is -1.35. The van der Waals surface area contributed by atoms with Gasteiger partial charge in [0, 0.05) is 38.7 Å². The number of nitrogens with zero attached hydrogens (tertiary/aromatic N) is 5. The molecule has 0 aromatic carbocycles. The van der Waals surface area contributed by atoms with Crippen molar-refractivity contribution >= 4 is 25.6 Å². The Morgan fingerprint density at radius 2 is 1.91 bits per heavy atom. The van der Waals surface area contributed by atoms with Gasteiger partial charge in [0.1, 0.15) is 6.54 Å². The van der Waals surface area contributed by atoms with Crippen molar-refractivity contribution in [2.45, 2.75) is 52.7 Å². The molecule has 0 fully saturated rings. The van der Waals surface area contributed by atoms with E-state index in [1.54, 1.807) is 0 Å². The minimum absolute atomic E-state index is 0. The summed E-state index contributed by atoms with van der Waals surface area (Å²) in [6.45, 7) is 9.08. The van der Waals surface area contributed by atoms with Gasteiger partial charge in [0.25, 0.3) is 14.1 Å². The minimum Gasteiger partial charge on any atom is -0.352 e. The van der Waals surface area contributed by atoms with Crippen LogP contribution in [0.5, 0.6) is 0 Å². The van der Waals surface area contributed by atoms with Crippen molar-refractivity contribution < 1.29 is 44.1 Å². The number of nitriles is 1. The van der Waals surface area contributed by atoms with E-state index >= 15 is 0 Å². The average molecular weight is 678 g/mol. The van der Waals surface area contributed by atoms with Crippen LogP contribution < -0.4 is 10.9 Å². The molecule has 0 saturated heterocycles. The Bertz CT molecular complexity index is 941. The van der Waals surface area contributed by atoms with Gasteiger partial charge >= 0.3 is 0 Å². The van der Waals surface area contributed by atoms with Gasteiger partial charge in [-0.3, -0.25) is 14.8 Å². The summed E-state index contributed by atoms with van der Waals surface area (Å²) in [5.41, 5.74) is 0.192. The zero-order chi connectivity index (χ0) is 24.8. The van der Waals surface area contributed by atoms with Gasteiger partial charge in [0.2, 0.25) is 5.91 Å². The summed E-state index contributed by atoms with van der Waals surface area (Å²) in [5, 5.41) is 18.6. The first-order valence-corrected chi connectivity index (χ1v) is 11.4. The number of amides is 1. The predicted molar refractivity (Wildman–Crippen MR) is 122 cm³/mol. The standard InChI is InChI=1S/C18H28N7O4P.CH4O2.Ir/c1-13(2)25(14(3)4)30(28-8-5-6-19)29-9-7-20-15(26)10-24-12-23-16-17(24)21-11-22-18(16)27;1-3-2;/h11-14H,5,7-10H2,1-4H3,(H,20,26)(H,21,22,27);2H,1H3;. The molecule has 1 amide bonds. The second-order valence-electron chi connectivity index (χ2n) is 7.19. The van der Waals surface area contributed by atoms with Crippen LogP contribution in [0.2, 0.25) is 0 Å². The molecule has 1 atom stereocenters. The first-order chi connectivity index (χ1) is 15.8. The molecule has 0 spiro atoms. The predicted octanol–water partition coefficient (Wildman–Crippen LogP) is 1.63. The Labute approximate surface area is 213 Å². The summed E-state index contributed by atoms with van der Waals surface area (Å²) >= 11 is 0. The molecule has 2 aromatic heterocycles. The third kappa shape index (κ3) is 10.6. The second kappa shape index (κ2) is 17.6. The van der Waals surface area contributed by atoms with Crippen LogP contribution in [0.15, 0.2) is 17.4 Å². The summed E-state index contributed by atoms with van der Waals surface area (Å²) in [7, 11) is -0.165. The van der Waals surface area contributed by atoms with Gasteiger partial charge < -0.3 is 23.9 Å². The third-order valence-electron chi connectivity index (χ3n) is 4.01. The van der Waals surface area contributed by atoms with Gasteiger partial charge in [-0.2, -0.15) is 5.26 Å². The zero-order valence-electron chi connectivity index (χ0n) is 19.9. The number of hydrogen-bond donors (Lipinski definition) is 3. The summed E-state index contributed by atoms with van der Waals surface area (Å²) in [5.74, 6) is -0.251. The molecule has 0 aliphatic heterocycles. The average Bonchev–Trinajstić information content (AvgIpc) is 3.15. The Kier molecular flexibility index (Phi) is 16.7. The van der Waals surface area contributed by atoms with Crippen molar-refractivity contribution in [3.05, 3.63) is 23.0 Å². The van der Waals surface area contributed by atoms with Crippen LogP contribution in [0.3, 0.4) is 0 Å². The van der Waals surface area contributed by atoms with Crippen molar-refractivity contribution in [1.82, 2.24) is 29.5 Å². The molecule has 0 saturated carbocycles. The van der Waals surface area contributed by atoms with Gasteiger partial charge in [0.15, 0.2) is 11.2 Å². The maximum atomic E-state index is 12.2. The molecular formula is C19H32IrN7O6P. The van der Waals surface area contributed by atoms with E-state index in [-0.39, 0.29) is 62.3 Å². The molecule has 2 aromatic rings. The van der Waals surface area contributed by atoms with Crippen molar-refractivity contribution in [3.63, 3.8) is 0 Å². The van der Waals surface area contributed by atoms with Crippen LogP contribution in [0.4, 0.5) is 0 Å². The normalized spacial score (nSPS) is 11.6. The van der Waals surface area contributed by atoms with Gasteiger partial charge in [-0.05, 0) is 27.7 Å². The van der Waals surface area contributed by atoms with Gasteiger partial charge in [-0.15, -0.1) is 0 Å². The maximum Gasteiger partial charge on any atom is 0.278 e. The van der Waals surface area contributed by atoms with Crippen LogP contribution in [0, 0.1) is 11.3 Å². The first kappa shape index (κ1) is 32.2. The van der Waals surface area contributed by atoms with E-state index in [1.165, 1.54) is 24.3 Å². The van der Waals surface area contributed by atoms with Crippen LogP contribution in [-0.4, -0.2) is 74.3 Å². The van der Waals surface area contributed by atoms with Crippen LogP contribution in [0.25, 0.3) is 11.2 Å². The van der Waals surface area contributed by atoms with Crippen molar-refractivity contribution in [3.8, 4) is 6.07 Å². The second-order valence-corrected chi connectivity index (χ2v) is 8.64. The number of H-pyrrole nitrogens is 1. The Balaban J connectivity index is 0.00000258. The molecular weight excluding hydrogens is 645 g/mol. The van der Waals surface area contributed by atoms with E-state index < -0.39 is 8.53 Å². The maximum absolute atomic E-state index is 12.2. The number of rotatable bonds is 12. The fourth-order valence-electron chi connectivity index (χ4n) is 2.85. The van der Waals surface area contributed by atoms with E-state index in [2.05, 4.69) is 63.6 Å². The fourth-order valence-corrected chi connectivity index (χ4v) is 4.44. The summed E-state index contributed by atoms with van der Waals surface area (Å²) < 4.78 is 15.3. The number of nitrogens with one attached hydrogen (secondary N) is 2. The third-order valence-corrected chi connectivity index (χ3v) is 6.12. The van der Waals surface area contributed by atoms with Gasteiger partial charge in [-0.25, -0.2) is 19.5 Å². The molecule has 193 valence electrons. The van der Waals surface area contributed by atoms with Gasteiger partial charge in [0.05, 0.1) is 45.5 Å². The van der Waals surface area contributed by atoms with Crippen molar-refractivity contribution in [1.29, 1.82) is 5.26 Å². The fraction of sp³-hybridized carbons (Fsp3) is 0.632. The summed E-state index contributed by atoms with van der Waals surface area (Å²) in [6.07, 6.45) is 2.98. The zero-order valence-corrected chi connectivity index (χ0v) is 23.1. The van der Waals surface area contributed by atoms with E-state index in [4.69, 9.17) is 19.6 Å².